The molecule has 0 spiro atoms. The topological polar surface area (TPSA) is 78.9 Å². The van der Waals surface area contributed by atoms with Crippen LogP contribution in [0.15, 0.2) is 109 Å². The molecule has 6 heteroatoms. The number of esters is 3. The van der Waals surface area contributed by atoms with Crippen molar-refractivity contribution in [2.45, 2.75) is 271 Å². The molecule has 0 radical (unpaired) electrons. The second-order valence-corrected chi connectivity index (χ2v) is 19.2. The third-order valence-electron chi connectivity index (χ3n) is 12.2. The van der Waals surface area contributed by atoms with E-state index in [4.69, 9.17) is 14.2 Å². The fraction of sp³-hybridized carbons (Fsp3) is 0.677. The molecule has 0 fully saturated rings. The van der Waals surface area contributed by atoms with Crippen molar-refractivity contribution in [2.75, 3.05) is 13.2 Å². The van der Waals surface area contributed by atoms with Gasteiger partial charge in [-0.25, -0.2) is 0 Å². The predicted molar refractivity (Wildman–Crippen MR) is 307 cm³/mol. The Hall–Kier alpha value is -3.93. The monoisotopic (exact) mass is 985 g/mol. The Labute approximate surface area is 438 Å². The molecule has 0 saturated heterocycles. The molecule has 0 aliphatic rings. The fourth-order valence-corrected chi connectivity index (χ4v) is 7.82. The first-order chi connectivity index (χ1) is 35.0. The molecule has 0 aliphatic heterocycles. The summed E-state index contributed by atoms with van der Waals surface area (Å²) in [7, 11) is 0. The quantitative estimate of drug-likeness (QED) is 0.0261. The van der Waals surface area contributed by atoms with E-state index in [2.05, 4.69) is 130 Å². The minimum absolute atomic E-state index is 0.0988. The smallest absolute Gasteiger partial charge is 0.306 e. The van der Waals surface area contributed by atoms with Gasteiger partial charge in [-0.05, 0) is 128 Å². The van der Waals surface area contributed by atoms with Crippen molar-refractivity contribution in [3.05, 3.63) is 109 Å². The lowest BCUT2D eigenvalue weighted by atomic mass is 10.1. The first-order valence-electron chi connectivity index (χ1n) is 29.4. The van der Waals surface area contributed by atoms with Crippen molar-refractivity contribution in [1.82, 2.24) is 0 Å². The molecule has 0 aromatic rings. The van der Waals surface area contributed by atoms with Crippen LogP contribution in [0.5, 0.6) is 0 Å². The van der Waals surface area contributed by atoms with Gasteiger partial charge in [-0.1, -0.05) is 226 Å². The van der Waals surface area contributed by atoms with Gasteiger partial charge in [0.15, 0.2) is 6.10 Å². The maximum absolute atomic E-state index is 12.9. The van der Waals surface area contributed by atoms with Crippen molar-refractivity contribution >= 4 is 17.9 Å². The summed E-state index contributed by atoms with van der Waals surface area (Å²) < 4.78 is 16.9. The van der Waals surface area contributed by atoms with Crippen LogP contribution in [0.3, 0.4) is 0 Å². The summed E-state index contributed by atoms with van der Waals surface area (Å²) in [6.45, 7) is 6.44. The third kappa shape index (κ3) is 56.9. The maximum atomic E-state index is 12.9. The molecule has 0 aromatic heterocycles. The molecule has 6 nitrogen and oxygen atoms in total. The summed E-state index contributed by atoms with van der Waals surface area (Å²) in [6.07, 6.45) is 79.3. The molecule has 71 heavy (non-hydrogen) atoms. The summed E-state index contributed by atoms with van der Waals surface area (Å²) in [6, 6.07) is 0. The van der Waals surface area contributed by atoms with Crippen LogP contribution >= 0.6 is 0 Å². The molecule has 0 rings (SSSR count). The summed E-state index contributed by atoms with van der Waals surface area (Å²) >= 11 is 0. The van der Waals surface area contributed by atoms with Gasteiger partial charge in [-0.3, -0.25) is 14.4 Å². The van der Waals surface area contributed by atoms with Crippen molar-refractivity contribution < 1.29 is 28.6 Å². The van der Waals surface area contributed by atoms with Crippen LogP contribution in [0.25, 0.3) is 0 Å². The lowest BCUT2D eigenvalue weighted by Gasteiger charge is -2.18. The normalized spacial score (nSPS) is 12.9. The molecule has 404 valence electrons. The van der Waals surface area contributed by atoms with E-state index >= 15 is 0 Å². The minimum atomic E-state index is -0.805. The fourth-order valence-electron chi connectivity index (χ4n) is 7.82. The summed E-state index contributed by atoms with van der Waals surface area (Å²) in [5.41, 5.74) is 0. The van der Waals surface area contributed by atoms with E-state index in [1.54, 1.807) is 0 Å². The molecule has 0 N–H and O–H groups in total. The second kappa shape index (κ2) is 58.6. The van der Waals surface area contributed by atoms with Gasteiger partial charge in [0.2, 0.25) is 0 Å². The highest BCUT2D eigenvalue weighted by molar-refractivity contribution is 5.71. The number of allylic oxidation sites excluding steroid dienone is 18. The van der Waals surface area contributed by atoms with E-state index in [1.165, 1.54) is 96.3 Å². The lowest BCUT2D eigenvalue weighted by molar-refractivity contribution is -0.167. The van der Waals surface area contributed by atoms with Crippen molar-refractivity contribution in [3.63, 3.8) is 0 Å². The molecule has 0 aromatic carbocycles. The molecule has 1 atom stereocenters. The molecule has 0 unspecified atom stereocenters. The lowest BCUT2D eigenvalue weighted by Crippen LogP contribution is -2.30. The van der Waals surface area contributed by atoms with E-state index in [1.807, 2.05) is 0 Å². The van der Waals surface area contributed by atoms with Gasteiger partial charge in [0.05, 0.1) is 0 Å². The Balaban J connectivity index is 4.48. The zero-order valence-corrected chi connectivity index (χ0v) is 46.2. The second-order valence-electron chi connectivity index (χ2n) is 19.2. The number of rotatable bonds is 52. The number of hydrogen-bond donors (Lipinski definition) is 0. The zero-order valence-electron chi connectivity index (χ0n) is 46.2. The zero-order chi connectivity index (χ0) is 51.4. The summed E-state index contributed by atoms with van der Waals surface area (Å²) in [5, 5.41) is 0. The summed E-state index contributed by atoms with van der Waals surface area (Å²) in [4.78, 5) is 38.2. The van der Waals surface area contributed by atoms with E-state index in [0.29, 0.717) is 19.3 Å². The summed E-state index contributed by atoms with van der Waals surface area (Å²) in [5.74, 6) is -0.947. The predicted octanol–water partition coefficient (Wildman–Crippen LogP) is 19.9. The molecular weight excluding hydrogens is 877 g/mol. The van der Waals surface area contributed by atoms with Crippen LogP contribution in [0, 0.1) is 0 Å². The Morgan fingerprint density at radius 2 is 0.549 bits per heavy atom. The van der Waals surface area contributed by atoms with Crippen LogP contribution in [-0.4, -0.2) is 37.2 Å². The number of carbonyl (C=O) groups excluding carboxylic acids is 3. The molecule has 0 aliphatic carbocycles. The standard InChI is InChI=1S/C65H108O6/c1-4-7-10-13-16-19-22-25-28-31-32-35-37-40-43-46-49-52-55-58-64(67)70-61-62(71-65(68)59-56-53-50-47-44-41-38-34-30-27-24-21-18-15-12-9-6-3)60-69-63(66)57-54-51-48-45-42-39-36-33-29-26-23-20-17-14-11-8-5-2/h8,11,16-21,25-30,36,38-39,41,62H,4-7,9-10,12-15,22-24,31-35,37,40,42-61H2,1-3H3/b11-8-,19-16-,20-17-,21-18-,28-25-,29-26-,30-27-,39-36-,41-38-/t62-/m1/s1. The average Bonchev–Trinajstić information content (AvgIpc) is 3.37. The SMILES string of the molecule is CC/C=C\C/C=C\C/C=C\C/C=C\CCCCCCC(=O)OC[C@H](COC(=O)CCCCCCCCCCC/C=C\C/C=C\CCCCC)OC(=O)CCCCCC/C=C\C/C=C\C/C=C\CCCCC. The van der Waals surface area contributed by atoms with Gasteiger partial charge >= 0.3 is 17.9 Å². The Morgan fingerprint density at radius 3 is 0.859 bits per heavy atom. The first-order valence-corrected chi connectivity index (χ1v) is 29.4. The van der Waals surface area contributed by atoms with E-state index in [-0.39, 0.29) is 31.1 Å². The van der Waals surface area contributed by atoms with Gasteiger partial charge < -0.3 is 14.2 Å². The Kier molecular flexibility index (Phi) is 55.4. The highest BCUT2D eigenvalue weighted by atomic mass is 16.6. The van der Waals surface area contributed by atoms with Crippen molar-refractivity contribution in [2.24, 2.45) is 0 Å². The minimum Gasteiger partial charge on any atom is -0.462 e. The maximum Gasteiger partial charge on any atom is 0.306 e. The van der Waals surface area contributed by atoms with Gasteiger partial charge in [-0.15, -0.1) is 0 Å². The number of hydrogen-bond acceptors (Lipinski definition) is 6. The molecule has 0 saturated carbocycles. The molecular formula is C65H108O6. The number of ether oxygens (including phenoxy) is 3. The van der Waals surface area contributed by atoms with Crippen LogP contribution in [-0.2, 0) is 28.6 Å². The van der Waals surface area contributed by atoms with Gasteiger partial charge in [0, 0.05) is 19.3 Å². The van der Waals surface area contributed by atoms with Crippen LogP contribution < -0.4 is 0 Å². The third-order valence-corrected chi connectivity index (χ3v) is 12.2. The van der Waals surface area contributed by atoms with Gasteiger partial charge in [-0.2, -0.15) is 0 Å². The van der Waals surface area contributed by atoms with Gasteiger partial charge in [0.1, 0.15) is 13.2 Å². The van der Waals surface area contributed by atoms with E-state index < -0.39 is 6.10 Å². The number of unbranched alkanes of at least 4 members (excludes halogenated alkanes) is 23. The van der Waals surface area contributed by atoms with Crippen molar-refractivity contribution in [3.8, 4) is 0 Å². The van der Waals surface area contributed by atoms with Crippen LogP contribution in [0.1, 0.15) is 265 Å². The Morgan fingerprint density at radius 1 is 0.296 bits per heavy atom. The highest BCUT2D eigenvalue weighted by Crippen LogP contribution is 2.14. The molecule has 0 bridgehead atoms. The van der Waals surface area contributed by atoms with Gasteiger partial charge in [0.25, 0.3) is 0 Å². The van der Waals surface area contributed by atoms with Crippen molar-refractivity contribution in [1.29, 1.82) is 0 Å². The van der Waals surface area contributed by atoms with Crippen LogP contribution in [0.2, 0.25) is 0 Å². The Bertz CT molecular complexity index is 1460. The molecule has 0 amide bonds. The average molecular weight is 986 g/mol. The van der Waals surface area contributed by atoms with E-state index in [9.17, 15) is 14.4 Å². The largest absolute Gasteiger partial charge is 0.462 e. The molecule has 0 heterocycles. The first kappa shape index (κ1) is 67.1. The highest BCUT2D eigenvalue weighted by Gasteiger charge is 2.19. The van der Waals surface area contributed by atoms with Crippen LogP contribution in [0.4, 0.5) is 0 Å². The van der Waals surface area contributed by atoms with E-state index in [0.717, 1.165) is 128 Å². The number of carbonyl (C=O) groups is 3.